The summed E-state index contributed by atoms with van der Waals surface area (Å²) in [6, 6.07) is 9.31. The first kappa shape index (κ1) is 13.3. The minimum Gasteiger partial charge on any atom is -0.487 e. The van der Waals surface area contributed by atoms with Crippen molar-refractivity contribution in [2.75, 3.05) is 0 Å². The van der Waals surface area contributed by atoms with Crippen molar-refractivity contribution in [3.8, 4) is 5.75 Å². The lowest BCUT2D eigenvalue weighted by Crippen LogP contribution is -2.06. The second-order valence-corrected chi connectivity index (χ2v) is 5.00. The summed E-state index contributed by atoms with van der Waals surface area (Å²) >= 11 is 9.42. The Bertz CT molecular complexity index is 548. The van der Waals surface area contributed by atoms with Gasteiger partial charge >= 0.3 is 0 Å². The van der Waals surface area contributed by atoms with Crippen LogP contribution in [0.5, 0.6) is 5.75 Å². The van der Waals surface area contributed by atoms with E-state index in [0.717, 1.165) is 15.7 Å². The van der Waals surface area contributed by atoms with Gasteiger partial charge in [-0.3, -0.25) is 4.98 Å². The van der Waals surface area contributed by atoms with Crippen LogP contribution >= 0.6 is 27.5 Å². The number of benzene rings is 1. The second-order valence-electron chi connectivity index (χ2n) is 3.68. The van der Waals surface area contributed by atoms with Crippen molar-refractivity contribution in [3.05, 3.63) is 57.3 Å². The van der Waals surface area contributed by atoms with Crippen LogP contribution in [-0.4, -0.2) is 4.98 Å². The first-order valence-electron chi connectivity index (χ1n) is 5.41. The molecule has 0 amide bonds. The number of pyridine rings is 1. The van der Waals surface area contributed by atoms with E-state index in [0.29, 0.717) is 23.9 Å². The molecule has 0 aliphatic rings. The van der Waals surface area contributed by atoms with Crippen molar-refractivity contribution in [3.63, 3.8) is 0 Å². The highest BCUT2D eigenvalue weighted by molar-refractivity contribution is 9.10. The first-order valence-corrected chi connectivity index (χ1v) is 6.58. The molecule has 0 unspecified atom stereocenters. The molecule has 18 heavy (non-hydrogen) atoms. The Morgan fingerprint density at radius 1 is 1.33 bits per heavy atom. The van der Waals surface area contributed by atoms with Crippen LogP contribution in [0, 0.1) is 0 Å². The molecule has 0 fully saturated rings. The van der Waals surface area contributed by atoms with Crippen LogP contribution in [0.25, 0.3) is 0 Å². The van der Waals surface area contributed by atoms with E-state index in [-0.39, 0.29) is 0 Å². The Hall–Kier alpha value is -1.10. The highest BCUT2D eigenvalue weighted by Crippen LogP contribution is 2.28. The monoisotopic (exact) mass is 326 g/mol. The van der Waals surface area contributed by atoms with Gasteiger partial charge in [0, 0.05) is 22.8 Å². The number of halogens is 2. The van der Waals surface area contributed by atoms with Gasteiger partial charge in [-0.15, -0.1) is 0 Å². The van der Waals surface area contributed by atoms with Gasteiger partial charge in [-0.1, -0.05) is 33.6 Å². The highest BCUT2D eigenvalue weighted by Gasteiger charge is 2.05. The predicted octanol–water partition coefficient (Wildman–Crippen LogP) is 3.54. The van der Waals surface area contributed by atoms with Gasteiger partial charge in [0.05, 0.1) is 10.7 Å². The zero-order valence-electron chi connectivity index (χ0n) is 9.57. The Labute approximate surface area is 119 Å². The number of aromatic nitrogens is 1. The summed E-state index contributed by atoms with van der Waals surface area (Å²) in [5.41, 5.74) is 7.43. The fourth-order valence-electron chi connectivity index (χ4n) is 1.53. The van der Waals surface area contributed by atoms with Crippen LogP contribution in [0.1, 0.15) is 11.3 Å². The molecule has 0 saturated carbocycles. The molecule has 0 radical (unpaired) electrons. The second kappa shape index (κ2) is 6.18. The van der Waals surface area contributed by atoms with Gasteiger partial charge in [0.25, 0.3) is 0 Å². The van der Waals surface area contributed by atoms with Gasteiger partial charge < -0.3 is 10.5 Å². The van der Waals surface area contributed by atoms with E-state index in [9.17, 15) is 0 Å². The molecule has 0 atom stereocenters. The summed E-state index contributed by atoms with van der Waals surface area (Å²) in [4.78, 5) is 4.20. The van der Waals surface area contributed by atoms with E-state index in [1.54, 1.807) is 12.3 Å². The maximum atomic E-state index is 6.07. The van der Waals surface area contributed by atoms with Crippen molar-refractivity contribution in [2.24, 2.45) is 5.73 Å². The lowest BCUT2D eigenvalue weighted by atomic mass is 10.2. The highest BCUT2D eigenvalue weighted by atomic mass is 79.9. The smallest absolute Gasteiger partial charge is 0.138 e. The summed E-state index contributed by atoms with van der Waals surface area (Å²) in [5.74, 6) is 0.645. The van der Waals surface area contributed by atoms with Crippen molar-refractivity contribution in [1.29, 1.82) is 0 Å². The molecule has 2 rings (SSSR count). The van der Waals surface area contributed by atoms with Gasteiger partial charge in [0.15, 0.2) is 0 Å². The van der Waals surface area contributed by atoms with E-state index in [4.69, 9.17) is 22.1 Å². The number of rotatable bonds is 4. The third-order valence-electron chi connectivity index (χ3n) is 2.45. The molecule has 2 N–H and O–H groups in total. The van der Waals surface area contributed by atoms with E-state index in [1.807, 2.05) is 24.3 Å². The molecule has 0 bridgehead atoms. The molecular weight excluding hydrogens is 316 g/mol. The van der Waals surface area contributed by atoms with Crippen LogP contribution in [0.3, 0.4) is 0 Å². The van der Waals surface area contributed by atoms with Crippen LogP contribution in [-0.2, 0) is 13.2 Å². The first-order chi connectivity index (χ1) is 8.70. The summed E-state index contributed by atoms with van der Waals surface area (Å²) in [5, 5.41) is 0.572. The lowest BCUT2D eigenvalue weighted by molar-refractivity contribution is 0.304. The van der Waals surface area contributed by atoms with Crippen molar-refractivity contribution in [2.45, 2.75) is 13.2 Å². The SMILES string of the molecule is NCc1ncccc1COc1ccc(Br)cc1Cl. The molecule has 1 heterocycles. The minimum absolute atomic E-state index is 0.396. The molecule has 0 saturated heterocycles. The Morgan fingerprint density at radius 3 is 2.89 bits per heavy atom. The number of nitrogens with two attached hydrogens (primary N) is 1. The van der Waals surface area contributed by atoms with Crippen LogP contribution in [0.15, 0.2) is 41.0 Å². The Morgan fingerprint density at radius 2 is 2.17 bits per heavy atom. The molecule has 94 valence electrons. The number of nitrogens with zero attached hydrogens (tertiary/aromatic N) is 1. The van der Waals surface area contributed by atoms with E-state index < -0.39 is 0 Å². The summed E-state index contributed by atoms with van der Waals surface area (Å²) in [7, 11) is 0. The average molecular weight is 328 g/mol. The Kier molecular flexibility index (Phi) is 4.58. The van der Waals surface area contributed by atoms with Gasteiger partial charge in [0.1, 0.15) is 12.4 Å². The number of ether oxygens (including phenoxy) is 1. The number of hydrogen-bond donors (Lipinski definition) is 1. The molecule has 0 spiro atoms. The molecule has 3 nitrogen and oxygen atoms in total. The largest absolute Gasteiger partial charge is 0.487 e. The third kappa shape index (κ3) is 3.22. The normalized spacial score (nSPS) is 10.4. The summed E-state index contributed by atoms with van der Waals surface area (Å²) in [6.07, 6.45) is 1.72. The lowest BCUT2D eigenvalue weighted by Gasteiger charge is -2.10. The quantitative estimate of drug-likeness (QED) is 0.934. The summed E-state index contributed by atoms with van der Waals surface area (Å²) < 4.78 is 6.59. The van der Waals surface area contributed by atoms with Crippen molar-refractivity contribution >= 4 is 27.5 Å². The van der Waals surface area contributed by atoms with Crippen LogP contribution in [0.2, 0.25) is 5.02 Å². The van der Waals surface area contributed by atoms with E-state index in [1.165, 1.54) is 0 Å². The molecule has 2 aromatic rings. The third-order valence-corrected chi connectivity index (χ3v) is 3.24. The van der Waals surface area contributed by atoms with Gasteiger partial charge in [0.2, 0.25) is 0 Å². The predicted molar refractivity (Wildman–Crippen MR) is 75.6 cm³/mol. The molecule has 0 aliphatic carbocycles. The molecule has 1 aromatic heterocycles. The Balaban J connectivity index is 2.11. The fourth-order valence-corrected chi connectivity index (χ4v) is 2.26. The zero-order chi connectivity index (χ0) is 13.0. The number of hydrogen-bond acceptors (Lipinski definition) is 3. The summed E-state index contributed by atoms with van der Waals surface area (Å²) in [6.45, 7) is 0.801. The molecule has 1 aromatic carbocycles. The van der Waals surface area contributed by atoms with Crippen LogP contribution in [0.4, 0.5) is 0 Å². The minimum atomic E-state index is 0.396. The van der Waals surface area contributed by atoms with Crippen molar-refractivity contribution < 1.29 is 4.74 Å². The molecular formula is C13H12BrClN2O. The zero-order valence-corrected chi connectivity index (χ0v) is 11.9. The van der Waals surface area contributed by atoms with Crippen molar-refractivity contribution in [1.82, 2.24) is 4.98 Å². The maximum Gasteiger partial charge on any atom is 0.138 e. The average Bonchev–Trinajstić information content (AvgIpc) is 2.38. The van der Waals surface area contributed by atoms with Crippen LogP contribution < -0.4 is 10.5 Å². The van der Waals surface area contributed by atoms with Gasteiger partial charge in [-0.05, 0) is 24.3 Å². The van der Waals surface area contributed by atoms with E-state index >= 15 is 0 Å². The van der Waals surface area contributed by atoms with Gasteiger partial charge in [-0.25, -0.2) is 0 Å². The topological polar surface area (TPSA) is 48.1 Å². The van der Waals surface area contributed by atoms with Gasteiger partial charge in [-0.2, -0.15) is 0 Å². The fraction of sp³-hybridized carbons (Fsp3) is 0.154. The maximum absolute atomic E-state index is 6.07. The standard InChI is InChI=1S/C13H12BrClN2O/c14-10-3-4-13(11(15)6-10)18-8-9-2-1-5-17-12(9)7-16/h1-6H,7-8,16H2. The molecule has 0 aliphatic heterocycles. The van der Waals surface area contributed by atoms with E-state index in [2.05, 4.69) is 20.9 Å². The molecule has 5 heteroatoms.